The maximum absolute atomic E-state index is 14.0. The Hall–Kier alpha value is -0.0900. The number of halogens is 5. The Bertz CT molecular complexity index is 587. The van der Waals surface area contributed by atoms with Crippen LogP contribution >= 0.6 is 55.1 Å². The quantitative estimate of drug-likeness (QED) is 0.502. The summed E-state index contributed by atoms with van der Waals surface area (Å²) >= 11 is 18.6. The van der Waals surface area contributed by atoms with Crippen LogP contribution in [0.15, 0.2) is 40.9 Å². The van der Waals surface area contributed by atoms with E-state index in [-0.39, 0.29) is 10.6 Å². The van der Waals surface area contributed by atoms with Gasteiger partial charge in [0.1, 0.15) is 5.82 Å². The lowest BCUT2D eigenvalue weighted by molar-refractivity contribution is 0.607. The average molecular weight is 413 g/mol. The molecule has 0 heterocycles. The minimum Gasteiger partial charge on any atom is -0.205 e. The van der Waals surface area contributed by atoms with Crippen molar-refractivity contribution in [3.8, 4) is 0 Å². The molecular weight excluding hydrogens is 406 g/mol. The molecule has 0 nitrogen and oxygen atoms in total. The number of hydrogen-bond acceptors (Lipinski definition) is 0. The summed E-state index contributed by atoms with van der Waals surface area (Å²) in [7, 11) is 0. The summed E-state index contributed by atoms with van der Waals surface area (Å²) < 4.78 is 14.4. The molecule has 0 saturated heterocycles. The first-order chi connectivity index (χ1) is 8.50. The van der Waals surface area contributed by atoms with E-state index in [2.05, 4.69) is 31.9 Å². The van der Waals surface area contributed by atoms with Gasteiger partial charge >= 0.3 is 0 Å². The maximum atomic E-state index is 14.0. The topological polar surface area (TPSA) is 0 Å². The Labute approximate surface area is 131 Å². The lowest BCUT2D eigenvalue weighted by Gasteiger charge is -2.14. The lowest BCUT2D eigenvalue weighted by Crippen LogP contribution is -1.98. The first-order valence-corrected chi connectivity index (χ1v) is 7.50. The van der Waals surface area contributed by atoms with E-state index >= 15 is 0 Å². The van der Waals surface area contributed by atoms with Crippen molar-refractivity contribution in [2.75, 3.05) is 0 Å². The number of benzene rings is 2. The third kappa shape index (κ3) is 2.90. The average Bonchev–Trinajstić information content (AvgIpc) is 2.32. The van der Waals surface area contributed by atoms with Gasteiger partial charge < -0.3 is 0 Å². The van der Waals surface area contributed by atoms with E-state index < -0.39 is 0 Å². The Balaban J connectivity index is 2.48. The largest absolute Gasteiger partial charge is 0.205 e. The minimum atomic E-state index is -0.320. The van der Waals surface area contributed by atoms with Gasteiger partial charge in [0.05, 0.1) is 9.30 Å². The zero-order chi connectivity index (χ0) is 13.3. The highest BCUT2D eigenvalue weighted by atomic mass is 79.9. The van der Waals surface area contributed by atoms with Crippen molar-refractivity contribution >= 4 is 55.1 Å². The molecule has 0 aliphatic heterocycles. The maximum Gasteiger partial charge on any atom is 0.142 e. The van der Waals surface area contributed by atoms with E-state index in [1.54, 1.807) is 36.4 Å². The Morgan fingerprint density at radius 3 is 2.44 bits per heavy atom. The first-order valence-electron chi connectivity index (χ1n) is 5.03. The van der Waals surface area contributed by atoms with Crippen LogP contribution < -0.4 is 0 Å². The fourth-order valence-electron chi connectivity index (χ4n) is 1.59. The molecule has 1 atom stereocenters. The highest BCUT2D eigenvalue weighted by Gasteiger charge is 2.18. The Kier molecular flexibility index (Phi) is 4.70. The molecule has 5 heteroatoms. The normalized spacial score (nSPS) is 12.5. The van der Waals surface area contributed by atoms with Crippen LogP contribution in [0.3, 0.4) is 0 Å². The molecule has 94 valence electrons. The van der Waals surface area contributed by atoms with Gasteiger partial charge in [-0.15, -0.1) is 0 Å². The summed E-state index contributed by atoms with van der Waals surface area (Å²) in [5, 5.41) is 1.06. The van der Waals surface area contributed by atoms with Crippen molar-refractivity contribution in [2.24, 2.45) is 0 Å². The lowest BCUT2D eigenvalue weighted by atomic mass is 10.0. The van der Waals surface area contributed by atoms with Crippen molar-refractivity contribution in [1.29, 1.82) is 0 Å². The monoisotopic (exact) mass is 410 g/mol. The smallest absolute Gasteiger partial charge is 0.142 e. The van der Waals surface area contributed by atoms with Gasteiger partial charge in [-0.25, -0.2) is 4.39 Å². The van der Waals surface area contributed by atoms with Crippen molar-refractivity contribution in [2.45, 2.75) is 4.83 Å². The third-order valence-corrected chi connectivity index (χ3v) is 4.65. The zero-order valence-electron chi connectivity index (χ0n) is 8.93. The highest BCUT2D eigenvalue weighted by molar-refractivity contribution is 9.10. The van der Waals surface area contributed by atoms with Crippen LogP contribution in [-0.4, -0.2) is 0 Å². The standard InChI is InChI=1S/C13H7Br2Cl2F/c14-10-3-1-2-9(13(10)18)12(15)8-5-4-7(16)6-11(8)17/h1-6,12H. The van der Waals surface area contributed by atoms with Crippen LogP contribution in [0.1, 0.15) is 16.0 Å². The van der Waals surface area contributed by atoms with E-state index in [1.165, 1.54) is 0 Å². The SMILES string of the molecule is Fc1c(Br)cccc1C(Br)c1ccc(Cl)cc1Cl. The third-order valence-electron chi connectivity index (χ3n) is 2.49. The summed E-state index contributed by atoms with van der Waals surface area (Å²) in [5.74, 6) is -0.301. The molecule has 0 amide bonds. The molecule has 0 aliphatic carbocycles. The van der Waals surface area contributed by atoms with Crippen molar-refractivity contribution in [3.05, 3.63) is 67.9 Å². The molecule has 0 fully saturated rings. The molecule has 18 heavy (non-hydrogen) atoms. The first kappa shape index (κ1) is 14.3. The second-order valence-electron chi connectivity index (χ2n) is 3.67. The number of alkyl halides is 1. The molecule has 2 aromatic carbocycles. The predicted octanol–water partition coefficient (Wildman–Crippen LogP) is 6.38. The van der Waals surface area contributed by atoms with Gasteiger partial charge in [0, 0.05) is 15.6 Å². The molecule has 2 rings (SSSR count). The molecule has 0 N–H and O–H groups in total. The molecule has 0 spiro atoms. The number of rotatable bonds is 2. The van der Waals surface area contributed by atoms with Gasteiger partial charge in [0.2, 0.25) is 0 Å². The summed E-state index contributed by atoms with van der Waals surface area (Å²) in [6.07, 6.45) is 0. The van der Waals surface area contributed by atoms with Gasteiger partial charge in [-0.3, -0.25) is 0 Å². The van der Waals surface area contributed by atoms with Crippen molar-refractivity contribution in [1.82, 2.24) is 0 Å². The Morgan fingerprint density at radius 1 is 1.06 bits per heavy atom. The Morgan fingerprint density at radius 2 is 1.78 bits per heavy atom. The minimum absolute atomic E-state index is 0.301. The van der Waals surface area contributed by atoms with Crippen LogP contribution in [0, 0.1) is 5.82 Å². The van der Waals surface area contributed by atoms with Gasteiger partial charge in [0.15, 0.2) is 0 Å². The molecule has 0 saturated carbocycles. The van der Waals surface area contributed by atoms with Gasteiger partial charge in [-0.1, -0.05) is 57.3 Å². The number of hydrogen-bond donors (Lipinski definition) is 0. The second-order valence-corrected chi connectivity index (χ2v) is 6.29. The van der Waals surface area contributed by atoms with Crippen LogP contribution in [0.25, 0.3) is 0 Å². The van der Waals surface area contributed by atoms with Crippen LogP contribution in [-0.2, 0) is 0 Å². The van der Waals surface area contributed by atoms with Gasteiger partial charge in [-0.05, 0) is 39.7 Å². The van der Waals surface area contributed by atoms with E-state index in [1.807, 2.05) is 0 Å². The van der Waals surface area contributed by atoms with Gasteiger partial charge in [-0.2, -0.15) is 0 Å². The van der Waals surface area contributed by atoms with Crippen molar-refractivity contribution < 1.29 is 4.39 Å². The molecule has 0 radical (unpaired) electrons. The molecule has 0 aromatic heterocycles. The molecule has 0 aliphatic rings. The zero-order valence-corrected chi connectivity index (χ0v) is 13.6. The molecule has 0 bridgehead atoms. The highest BCUT2D eigenvalue weighted by Crippen LogP contribution is 2.38. The van der Waals surface area contributed by atoms with E-state index in [0.717, 1.165) is 5.56 Å². The van der Waals surface area contributed by atoms with E-state index in [4.69, 9.17) is 23.2 Å². The van der Waals surface area contributed by atoms with E-state index in [0.29, 0.717) is 20.1 Å². The summed E-state index contributed by atoms with van der Waals surface area (Å²) in [6.45, 7) is 0. The molecular formula is C13H7Br2Cl2F. The van der Waals surface area contributed by atoms with Crippen LogP contribution in [0.2, 0.25) is 10.0 Å². The van der Waals surface area contributed by atoms with Gasteiger partial charge in [0.25, 0.3) is 0 Å². The van der Waals surface area contributed by atoms with Crippen LogP contribution in [0.4, 0.5) is 4.39 Å². The van der Waals surface area contributed by atoms with E-state index in [9.17, 15) is 4.39 Å². The van der Waals surface area contributed by atoms with Crippen LogP contribution in [0.5, 0.6) is 0 Å². The summed E-state index contributed by atoms with van der Waals surface area (Å²) in [4.78, 5) is -0.320. The fourth-order valence-corrected chi connectivity index (χ4v) is 3.37. The summed E-state index contributed by atoms with van der Waals surface area (Å²) in [5.41, 5.74) is 1.30. The summed E-state index contributed by atoms with van der Waals surface area (Å²) in [6, 6.07) is 10.3. The molecule has 2 aromatic rings. The van der Waals surface area contributed by atoms with Crippen molar-refractivity contribution in [3.63, 3.8) is 0 Å². The second kappa shape index (κ2) is 5.91. The molecule has 1 unspecified atom stereocenters. The predicted molar refractivity (Wildman–Crippen MR) is 81.3 cm³/mol. The fraction of sp³-hybridized carbons (Fsp3) is 0.0769.